The Bertz CT molecular complexity index is 341. The lowest BCUT2D eigenvalue weighted by Crippen LogP contribution is -2.41. The molecule has 96 valence electrons. The van der Waals surface area contributed by atoms with E-state index in [0.29, 0.717) is 6.04 Å². The van der Waals surface area contributed by atoms with Crippen LogP contribution in [0.1, 0.15) is 19.4 Å². The molecule has 0 bridgehead atoms. The molecule has 1 N–H and O–H groups in total. The average Bonchev–Trinajstić information content (AvgIpc) is 2.29. The van der Waals surface area contributed by atoms with E-state index in [-0.39, 0.29) is 6.61 Å². The summed E-state index contributed by atoms with van der Waals surface area (Å²) in [5, 5.41) is 9.35. The fourth-order valence-electron chi connectivity index (χ4n) is 2.11. The molecule has 0 saturated carbocycles. The Kier molecular flexibility index (Phi) is 5.38. The molecular formula is C13H23N3O. The zero-order chi connectivity index (χ0) is 12.8. The molecule has 1 unspecified atom stereocenters. The molecule has 4 heteroatoms. The summed E-state index contributed by atoms with van der Waals surface area (Å²) in [6.07, 6.45) is 1.78. The van der Waals surface area contributed by atoms with Crippen LogP contribution in [0.4, 0.5) is 5.82 Å². The molecule has 1 aromatic rings. The minimum absolute atomic E-state index is 0.0361. The molecule has 0 aliphatic carbocycles. The topological polar surface area (TPSA) is 39.6 Å². The van der Waals surface area contributed by atoms with Gasteiger partial charge in [-0.15, -0.1) is 0 Å². The zero-order valence-corrected chi connectivity index (χ0v) is 11.2. The van der Waals surface area contributed by atoms with Gasteiger partial charge in [-0.25, -0.2) is 4.98 Å². The van der Waals surface area contributed by atoms with E-state index in [9.17, 15) is 5.11 Å². The highest BCUT2D eigenvalue weighted by molar-refractivity contribution is 5.47. The van der Waals surface area contributed by atoms with Gasteiger partial charge in [-0.2, -0.15) is 0 Å². The lowest BCUT2D eigenvalue weighted by molar-refractivity contribution is 0.281. The van der Waals surface area contributed by atoms with Crippen LogP contribution in [0.3, 0.4) is 0 Å². The molecule has 0 aliphatic rings. The van der Waals surface area contributed by atoms with E-state index in [1.165, 1.54) is 0 Å². The van der Waals surface area contributed by atoms with Crippen LogP contribution in [0.15, 0.2) is 18.3 Å². The molecule has 0 saturated heterocycles. The molecule has 0 fully saturated rings. The Morgan fingerprint density at radius 2 is 2.12 bits per heavy atom. The van der Waals surface area contributed by atoms with Crippen LogP contribution >= 0.6 is 0 Å². The quantitative estimate of drug-likeness (QED) is 0.810. The number of hydrogen-bond donors (Lipinski definition) is 1. The van der Waals surface area contributed by atoms with Gasteiger partial charge >= 0.3 is 0 Å². The minimum atomic E-state index is 0.0361. The molecule has 0 aromatic carbocycles. The highest BCUT2D eigenvalue weighted by atomic mass is 16.3. The molecule has 0 aliphatic heterocycles. The van der Waals surface area contributed by atoms with Crippen LogP contribution in [0, 0.1) is 0 Å². The van der Waals surface area contributed by atoms with E-state index < -0.39 is 0 Å². The second-order valence-corrected chi connectivity index (χ2v) is 4.54. The van der Waals surface area contributed by atoms with Crippen LogP contribution in [0.5, 0.6) is 0 Å². The van der Waals surface area contributed by atoms with Gasteiger partial charge in [0, 0.05) is 30.9 Å². The van der Waals surface area contributed by atoms with Crippen molar-refractivity contribution in [3.05, 3.63) is 23.9 Å². The van der Waals surface area contributed by atoms with Gasteiger partial charge in [0.2, 0.25) is 0 Å². The number of likely N-dealkylation sites (N-methyl/N-ethyl adjacent to an activating group) is 2. The van der Waals surface area contributed by atoms with Crippen LogP contribution in [0.25, 0.3) is 0 Å². The lowest BCUT2D eigenvalue weighted by Gasteiger charge is -2.32. The molecule has 1 atom stereocenters. The van der Waals surface area contributed by atoms with Crippen LogP contribution in [0.2, 0.25) is 0 Å². The van der Waals surface area contributed by atoms with Gasteiger partial charge in [-0.05, 0) is 34.0 Å². The third kappa shape index (κ3) is 3.68. The van der Waals surface area contributed by atoms with Gasteiger partial charge < -0.3 is 14.9 Å². The number of aliphatic hydroxyl groups is 1. The largest absolute Gasteiger partial charge is 0.392 e. The first-order valence-corrected chi connectivity index (χ1v) is 6.06. The average molecular weight is 237 g/mol. The van der Waals surface area contributed by atoms with Crippen LogP contribution in [-0.4, -0.2) is 48.2 Å². The molecule has 0 amide bonds. The predicted molar refractivity (Wildman–Crippen MR) is 71.2 cm³/mol. The molecule has 0 spiro atoms. The number of rotatable bonds is 6. The van der Waals surface area contributed by atoms with Gasteiger partial charge in [0.15, 0.2) is 0 Å². The maximum Gasteiger partial charge on any atom is 0.134 e. The first-order valence-electron chi connectivity index (χ1n) is 6.06. The second-order valence-electron chi connectivity index (χ2n) is 4.54. The van der Waals surface area contributed by atoms with Crippen molar-refractivity contribution in [3.8, 4) is 0 Å². The smallest absolute Gasteiger partial charge is 0.134 e. The zero-order valence-electron chi connectivity index (χ0n) is 11.2. The van der Waals surface area contributed by atoms with Crippen molar-refractivity contribution in [2.45, 2.75) is 26.5 Å². The molecule has 17 heavy (non-hydrogen) atoms. The Morgan fingerprint density at radius 3 is 2.65 bits per heavy atom. The molecule has 1 heterocycles. The maximum absolute atomic E-state index is 9.35. The first-order chi connectivity index (χ1) is 8.10. The monoisotopic (exact) mass is 237 g/mol. The van der Waals surface area contributed by atoms with Crippen molar-refractivity contribution in [2.24, 2.45) is 0 Å². The Hall–Kier alpha value is -1.13. The summed E-state index contributed by atoms with van der Waals surface area (Å²) in [5.41, 5.74) is 0.889. The normalized spacial score (nSPS) is 12.8. The van der Waals surface area contributed by atoms with Gasteiger partial charge in [0.1, 0.15) is 5.82 Å². The number of hydrogen-bond acceptors (Lipinski definition) is 4. The summed E-state index contributed by atoms with van der Waals surface area (Å²) >= 11 is 0. The summed E-state index contributed by atoms with van der Waals surface area (Å²) in [5.74, 6) is 0.895. The van der Waals surface area contributed by atoms with Crippen molar-refractivity contribution in [3.63, 3.8) is 0 Å². The number of aliphatic hydroxyl groups excluding tert-OH is 1. The number of anilines is 1. The number of nitrogens with zero attached hydrogens (tertiary/aromatic N) is 3. The Labute approximate surface area is 104 Å². The fraction of sp³-hybridized carbons (Fsp3) is 0.615. The predicted octanol–water partition coefficient (Wildman–Crippen LogP) is 1.35. The molecule has 4 nitrogen and oxygen atoms in total. The van der Waals surface area contributed by atoms with E-state index in [4.69, 9.17) is 0 Å². The third-order valence-electron chi connectivity index (χ3n) is 2.81. The molecular weight excluding hydrogens is 214 g/mol. The Morgan fingerprint density at radius 1 is 1.41 bits per heavy atom. The summed E-state index contributed by atoms with van der Waals surface area (Å²) < 4.78 is 0. The first kappa shape index (κ1) is 13.9. The van der Waals surface area contributed by atoms with Gasteiger partial charge in [-0.1, -0.05) is 6.07 Å². The number of pyridine rings is 1. The van der Waals surface area contributed by atoms with E-state index >= 15 is 0 Å². The Balaban J connectivity index is 2.92. The molecule has 1 aromatic heterocycles. The van der Waals surface area contributed by atoms with Gasteiger partial charge in [0.05, 0.1) is 6.61 Å². The van der Waals surface area contributed by atoms with E-state index in [2.05, 4.69) is 42.7 Å². The van der Waals surface area contributed by atoms with E-state index in [1.807, 2.05) is 12.1 Å². The summed E-state index contributed by atoms with van der Waals surface area (Å²) in [6.45, 7) is 6.18. The van der Waals surface area contributed by atoms with Crippen molar-refractivity contribution in [1.29, 1.82) is 0 Å². The third-order valence-corrected chi connectivity index (χ3v) is 2.81. The summed E-state index contributed by atoms with van der Waals surface area (Å²) in [6, 6.07) is 4.16. The summed E-state index contributed by atoms with van der Waals surface area (Å²) in [7, 11) is 4.13. The van der Waals surface area contributed by atoms with Crippen LogP contribution < -0.4 is 4.90 Å². The SMILES string of the molecule is CCN(c1ncccc1CO)C(C)CN(C)C. The number of aromatic nitrogens is 1. The highest BCUT2D eigenvalue weighted by Crippen LogP contribution is 2.19. The van der Waals surface area contributed by atoms with Crippen molar-refractivity contribution >= 4 is 5.82 Å². The van der Waals surface area contributed by atoms with Crippen molar-refractivity contribution < 1.29 is 5.11 Å². The van der Waals surface area contributed by atoms with E-state index in [1.54, 1.807) is 6.20 Å². The van der Waals surface area contributed by atoms with Crippen molar-refractivity contribution in [2.75, 3.05) is 32.1 Å². The van der Waals surface area contributed by atoms with Gasteiger partial charge in [0.25, 0.3) is 0 Å². The highest BCUT2D eigenvalue weighted by Gasteiger charge is 2.17. The lowest BCUT2D eigenvalue weighted by atomic mass is 10.2. The molecule has 0 radical (unpaired) electrons. The summed E-state index contributed by atoms with van der Waals surface area (Å²) in [4.78, 5) is 8.79. The fourth-order valence-corrected chi connectivity index (χ4v) is 2.11. The second kappa shape index (κ2) is 6.57. The standard InChI is InChI=1S/C13H23N3O/c1-5-16(11(2)9-15(3)4)13-12(10-17)7-6-8-14-13/h6-8,11,17H,5,9-10H2,1-4H3. The van der Waals surface area contributed by atoms with Crippen molar-refractivity contribution in [1.82, 2.24) is 9.88 Å². The van der Waals surface area contributed by atoms with Gasteiger partial charge in [-0.3, -0.25) is 0 Å². The minimum Gasteiger partial charge on any atom is -0.392 e. The van der Waals surface area contributed by atoms with E-state index in [0.717, 1.165) is 24.5 Å². The molecule has 1 rings (SSSR count). The van der Waals surface area contributed by atoms with Crippen LogP contribution in [-0.2, 0) is 6.61 Å². The maximum atomic E-state index is 9.35.